The Morgan fingerprint density at radius 3 is 1.31 bits per heavy atom. The molecule has 4 heteroatoms. The fourth-order valence-electron chi connectivity index (χ4n) is 0.515. The third-order valence-electron chi connectivity index (χ3n) is 0.867. The third-order valence-corrected chi connectivity index (χ3v) is 0.867. The van der Waals surface area contributed by atoms with E-state index in [1.54, 1.807) is 42.3 Å². The second-order valence-corrected chi connectivity index (χ2v) is 2.81. The molecule has 0 unspecified atom stereocenters. The molecule has 1 aliphatic rings. The van der Waals surface area contributed by atoms with E-state index in [-0.39, 0.29) is 25.8 Å². The van der Waals surface area contributed by atoms with Crippen LogP contribution in [0.5, 0.6) is 0 Å². The van der Waals surface area contributed by atoms with Gasteiger partial charge in [-0.2, -0.15) is 48.4 Å². The average Bonchev–Trinajstić information content (AvgIpc) is 2.60. The average molecular weight is 390 g/mol. The van der Waals surface area contributed by atoms with Crippen LogP contribution in [0.25, 0.3) is 16.0 Å². The molecule has 0 amide bonds. The molecule has 0 saturated carbocycles. The number of nitrogens with zero attached hydrogens (tertiary/aromatic N) is 3. The molecule has 16 heavy (non-hydrogen) atoms. The van der Waals surface area contributed by atoms with Gasteiger partial charge in [-0.05, 0) is 0 Å². The summed E-state index contributed by atoms with van der Waals surface area (Å²) < 4.78 is 0. The summed E-state index contributed by atoms with van der Waals surface area (Å²) in [6.07, 6.45) is 8.33. The predicted octanol–water partition coefficient (Wildman–Crippen LogP) is 3.55. The topological polar surface area (TPSA) is 42.3 Å². The SMILES string of the molecule is CC1=[C-]CC=C1.C[N-]C.C[N-]C.C[N-]C.[Hf+4]. The molecule has 0 aromatic carbocycles. The van der Waals surface area contributed by atoms with E-state index >= 15 is 0 Å². The van der Waals surface area contributed by atoms with E-state index in [4.69, 9.17) is 0 Å². The zero-order valence-corrected chi connectivity index (χ0v) is 15.3. The van der Waals surface area contributed by atoms with Crippen LogP contribution in [-0.4, -0.2) is 42.3 Å². The number of hydrogen-bond acceptors (Lipinski definition) is 0. The van der Waals surface area contributed by atoms with E-state index < -0.39 is 0 Å². The van der Waals surface area contributed by atoms with Crippen molar-refractivity contribution in [2.75, 3.05) is 42.3 Å². The molecule has 1 aliphatic carbocycles. The predicted molar refractivity (Wildman–Crippen MR) is 71.8 cm³/mol. The fraction of sp³-hybridized carbons (Fsp3) is 0.667. The Labute approximate surface area is 121 Å². The Bertz CT molecular complexity index is 138. The van der Waals surface area contributed by atoms with E-state index in [1.165, 1.54) is 5.57 Å². The smallest absolute Gasteiger partial charge is 0.668 e. The summed E-state index contributed by atoms with van der Waals surface area (Å²) in [5, 5.41) is 10.5. The van der Waals surface area contributed by atoms with E-state index in [1.807, 2.05) is 0 Å². The Balaban J connectivity index is -0.0000000637. The van der Waals surface area contributed by atoms with Gasteiger partial charge in [-0.25, -0.2) is 11.6 Å². The largest absolute Gasteiger partial charge is 4.00 e. The van der Waals surface area contributed by atoms with Crippen molar-refractivity contribution in [1.29, 1.82) is 0 Å². The normalized spacial score (nSPS) is 10.3. The van der Waals surface area contributed by atoms with Crippen molar-refractivity contribution < 1.29 is 25.8 Å². The minimum absolute atomic E-state index is 0. The monoisotopic (exact) mass is 391 g/mol. The van der Waals surface area contributed by atoms with Gasteiger partial charge in [0.25, 0.3) is 0 Å². The van der Waals surface area contributed by atoms with Crippen molar-refractivity contribution >= 4 is 0 Å². The molecular weight excluding hydrogens is 365 g/mol. The molecule has 0 aliphatic heterocycles. The first-order chi connectivity index (χ1) is 7.14. The maximum absolute atomic E-state index is 3.50. The number of hydrogen-bond donors (Lipinski definition) is 0. The van der Waals surface area contributed by atoms with Crippen molar-refractivity contribution in [2.45, 2.75) is 13.3 Å². The van der Waals surface area contributed by atoms with E-state index in [0.717, 1.165) is 6.42 Å². The van der Waals surface area contributed by atoms with E-state index in [9.17, 15) is 0 Å². The zero-order chi connectivity index (χ0) is 12.5. The van der Waals surface area contributed by atoms with Crippen LogP contribution in [0.2, 0.25) is 0 Å². The summed E-state index contributed by atoms with van der Waals surface area (Å²) in [6, 6.07) is 0. The molecule has 0 N–H and O–H groups in total. The van der Waals surface area contributed by atoms with Crippen molar-refractivity contribution in [3.8, 4) is 0 Å². The van der Waals surface area contributed by atoms with Gasteiger partial charge in [-0.3, -0.25) is 6.08 Å². The maximum atomic E-state index is 3.50. The van der Waals surface area contributed by atoms with Crippen LogP contribution in [0.15, 0.2) is 17.7 Å². The van der Waals surface area contributed by atoms with Gasteiger partial charge in [-0.15, -0.1) is 6.42 Å². The van der Waals surface area contributed by atoms with Gasteiger partial charge < -0.3 is 16.0 Å². The summed E-state index contributed by atoms with van der Waals surface area (Å²) >= 11 is 0. The van der Waals surface area contributed by atoms with Crippen LogP contribution >= 0.6 is 0 Å². The molecule has 0 spiro atoms. The van der Waals surface area contributed by atoms with Crippen molar-refractivity contribution in [2.24, 2.45) is 0 Å². The van der Waals surface area contributed by atoms with Crippen molar-refractivity contribution in [3.63, 3.8) is 0 Å². The van der Waals surface area contributed by atoms with Crippen LogP contribution in [-0.2, 0) is 25.8 Å². The molecule has 0 fully saturated rings. The minimum Gasteiger partial charge on any atom is -0.668 e. The van der Waals surface area contributed by atoms with Gasteiger partial charge in [0.2, 0.25) is 0 Å². The summed E-state index contributed by atoms with van der Waals surface area (Å²) in [4.78, 5) is 0. The van der Waals surface area contributed by atoms with Gasteiger partial charge >= 0.3 is 25.8 Å². The second-order valence-electron chi connectivity index (χ2n) is 2.81. The number of rotatable bonds is 0. The van der Waals surface area contributed by atoms with Gasteiger partial charge in [0, 0.05) is 0 Å². The van der Waals surface area contributed by atoms with Gasteiger partial charge in [0.1, 0.15) is 0 Å². The molecule has 0 aromatic heterocycles. The van der Waals surface area contributed by atoms with Crippen LogP contribution in [0.1, 0.15) is 13.3 Å². The maximum Gasteiger partial charge on any atom is 4.00 e. The molecule has 1 rings (SSSR count). The molecule has 0 atom stereocenters. The molecule has 0 aromatic rings. The van der Waals surface area contributed by atoms with E-state index in [2.05, 4.69) is 41.1 Å². The Morgan fingerprint density at radius 2 is 1.25 bits per heavy atom. The number of allylic oxidation sites excluding steroid dienone is 4. The Hall–Kier alpha value is 0.230. The van der Waals surface area contributed by atoms with Gasteiger partial charge in [0.05, 0.1) is 0 Å². The first kappa shape index (κ1) is 25.2. The Morgan fingerprint density at radius 1 is 0.938 bits per heavy atom. The molecule has 0 bridgehead atoms. The molecule has 92 valence electrons. The summed E-state index contributed by atoms with van der Waals surface area (Å²) in [7, 11) is 10.5. The van der Waals surface area contributed by atoms with Crippen LogP contribution in [0, 0.1) is 6.08 Å². The van der Waals surface area contributed by atoms with Gasteiger partial charge in [-0.1, -0.05) is 6.92 Å². The Kier molecular flexibility index (Phi) is 46.4. The molecule has 0 heterocycles. The second kappa shape index (κ2) is 29.5. The molecule has 0 saturated heterocycles. The standard InChI is InChI=1S/C6H7.3C2H6N.Hf/c1-6-4-2-3-5-6;3*1-3-2;/h2,4H,3H2,1H3;3*1-2H3;/q4*-1;+4. The molecule has 3 nitrogen and oxygen atoms in total. The summed E-state index contributed by atoms with van der Waals surface area (Å²) in [5.74, 6) is 0. The van der Waals surface area contributed by atoms with E-state index in [0.29, 0.717) is 0 Å². The van der Waals surface area contributed by atoms with Crippen molar-refractivity contribution in [3.05, 3.63) is 39.8 Å². The third kappa shape index (κ3) is 47.6. The van der Waals surface area contributed by atoms with Crippen LogP contribution in [0.4, 0.5) is 0 Å². The van der Waals surface area contributed by atoms with Crippen LogP contribution in [0.3, 0.4) is 0 Å². The zero-order valence-electron chi connectivity index (χ0n) is 11.7. The molecule has 0 radical (unpaired) electrons. The fourth-order valence-corrected chi connectivity index (χ4v) is 0.515. The summed E-state index contributed by atoms with van der Waals surface area (Å²) in [5.41, 5.74) is 1.27. The minimum atomic E-state index is 0. The first-order valence-electron chi connectivity index (χ1n) is 4.82. The molecular formula is C12H25HfN3. The van der Waals surface area contributed by atoms with Gasteiger partial charge in [0.15, 0.2) is 0 Å². The van der Waals surface area contributed by atoms with Crippen LogP contribution < -0.4 is 0 Å². The van der Waals surface area contributed by atoms with Crippen molar-refractivity contribution in [1.82, 2.24) is 0 Å². The quantitative estimate of drug-likeness (QED) is 0.449. The summed E-state index contributed by atoms with van der Waals surface area (Å²) in [6.45, 7) is 2.06. The first-order valence-corrected chi connectivity index (χ1v) is 4.82.